The lowest BCUT2D eigenvalue weighted by Crippen LogP contribution is -2.19. The molecule has 4 heteroatoms. The van der Waals surface area contributed by atoms with Crippen LogP contribution in [0.25, 0.3) is 0 Å². The molecule has 0 aliphatic carbocycles. The summed E-state index contributed by atoms with van der Waals surface area (Å²) in [6, 6.07) is 0. The van der Waals surface area contributed by atoms with Crippen LogP contribution in [0.5, 0.6) is 0 Å². The number of hydrogen-bond acceptors (Lipinski definition) is 4. The highest BCUT2D eigenvalue weighted by atomic mass is 16.3. The average Bonchev–Trinajstić information content (AvgIpc) is 2.35. The van der Waals surface area contributed by atoms with Crippen molar-refractivity contribution in [1.82, 2.24) is 0 Å². The molecule has 104 valence electrons. The molecule has 0 spiro atoms. The molecule has 6 N–H and O–H groups in total. The summed E-state index contributed by atoms with van der Waals surface area (Å²) in [5, 5.41) is 18.5. The predicted molar refractivity (Wildman–Crippen MR) is 71.7 cm³/mol. The van der Waals surface area contributed by atoms with Gasteiger partial charge in [0, 0.05) is 13.1 Å². The second-order valence-corrected chi connectivity index (χ2v) is 4.83. The number of nitrogens with two attached hydrogens (primary N) is 2. The van der Waals surface area contributed by atoms with E-state index in [2.05, 4.69) is 0 Å². The van der Waals surface area contributed by atoms with Crippen LogP contribution in [0.2, 0.25) is 0 Å². The lowest BCUT2D eigenvalue weighted by atomic mass is 10.0. The zero-order chi connectivity index (χ0) is 12.9. The molecule has 0 aromatic rings. The first-order valence-electron chi connectivity index (χ1n) is 6.97. The molecule has 0 aromatic heterocycles. The van der Waals surface area contributed by atoms with Gasteiger partial charge in [-0.2, -0.15) is 0 Å². The minimum Gasteiger partial charge on any atom is -0.392 e. The van der Waals surface area contributed by atoms with E-state index in [1.54, 1.807) is 0 Å². The monoisotopic (exact) mass is 246 g/mol. The highest BCUT2D eigenvalue weighted by Gasteiger charge is 2.01. The minimum absolute atomic E-state index is 0.312. The van der Waals surface area contributed by atoms with Gasteiger partial charge in [-0.3, -0.25) is 0 Å². The Morgan fingerprint density at radius 3 is 1.18 bits per heavy atom. The van der Waals surface area contributed by atoms with Gasteiger partial charge in [0.1, 0.15) is 0 Å². The maximum Gasteiger partial charge on any atom is 0.0662 e. The average molecular weight is 246 g/mol. The van der Waals surface area contributed by atoms with Crippen LogP contribution in [-0.2, 0) is 0 Å². The van der Waals surface area contributed by atoms with Crippen molar-refractivity contribution >= 4 is 0 Å². The normalized spacial score (nSPS) is 14.8. The topological polar surface area (TPSA) is 92.5 Å². The Morgan fingerprint density at radius 1 is 0.588 bits per heavy atom. The van der Waals surface area contributed by atoms with Crippen LogP contribution in [0.1, 0.15) is 57.8 Å². The van der Waals surface area contributed by atoms with Gasteiger partial charge in [0.05, 0.1) is 12.2 Å². The number of rotatable bonds is 12. The maximum absolute atomic E-state index is 9.25. The Hall–Kier alpha value is -0.160. The predicted octanol–water partition coefficient (Wildman–Crippen LogP) is 1.14. The standard InChI is InChI=1S/C13H30N2O2/c14-10-12(16)8-6-4-2-1-3-5-7-9-13(17)11-15/h12-13,16-17H,1-11,14-15H2. The van der Waals surface area contributed by atoms with E-state index in [1.165, 1.54) is 32.1 Å². The summed E-state index contributed by atoms with van der Waals surface area (Å²) in [6.45, 7) is 0.757. The van der Waals surface area contributed by atoms with E-state index >= 15 is 0 Å². The molecule has 0 amide bonds. The van der Waals surface area contributed by atoms with E-state index in [1.807, 2.05) is 0 Å². The summed E-state index contributed by atoms with van der Waals surface area (Å²) in [5.74, 6) is 0. The SMILES string of the molecule is NCC(O)CCCCCCCCCC(O)CN. The van der Waals surface area contributed by atoms with Gasteiger partial charge in [0.15, 0.2) is 0 Å². The zero-order valence-electron chi connectivity index (χ0n) is 11.0. The van der Waals surface area contributed by atoms with Crippen molar-refractivity contribution in [2.24, 2.45) is 11.5 Å². The molecular weight excluding hydrogens is 216 g/mol. The molecule has 0 aliphatic rings. The van der Waals surface area contributed by atoms with Crippen LogP contribution in [0.3, 0.4) is 0 Å². The molecule has 2 atom stereocenters. The largest absolute Gasteiger partial charge is 0.392 e. The first-order chi connectivity index (χ1) is 8.20. The fourth-order valence-electron chi connectivity index (χ4n) is 1.88. The van der Waals surface area contributed by atoms with Crippen LogP contribution in [0.15, 0.2) is 0 Å². The van der Waals surface area contributed by atoms with Gasteiger partial charge in [-0.1, -0.05) is 44.9 Å². The number of aliphatic hydroxyl groups excluding tert-OH is 2. The van der Waals surface area contributed by atoms with E-state index < -0.39 is 0 Å². The Bertz CT molecular complexity index is 140. The van der Waals surface area contributed by atoms with Crippen molar-refractivity contribution in [2.75, 3.05) is 13.1 Å². The first kappa shape index (κ1) is 16.8. The maximum atomic E-state index is 9.25. The van der Waals surface area contributed by atoms with E-state index in [9.17, 15) is 10.2 Å². The highest BCUT2D eigenvalue weighted by molar-refractivity contribution is 4.57. The summed E-state index contributed by atoms with van der Waals surface area (Å²) in [5.41, 5.74) is 10.6. The van der Waals surface area contributed by atoms with Crippen molar-refractivity contribution in [1.29, 1.82) is 0 Å². The van der Waals surface area contributed by atoms with Crippen molar-refractivity contribution in [2.45, 2.75) is 70.0 Å². The van der Waals surface area contributed by atoms with Gasteiger partial charge in [0.2, 0.25) is 0 Å². The van der Waals surface area contributed by atoms with E-state index in [-0.39, 0.29) is 12.2 Å². The van der Waals surface area contributed by atoms with E-state index in [0.29, 0.717) is 13.1 Å². The van der Waals surface area contributed by atoms with Crippen LogP contribution >= 0.6 is 0 Å². The molecule has 17 heavy (non-hydrogen) atoms. The summed E-state index contributed by atoms with van der Waals surface area (Å²) >= 11 is 0. The lowest BCUT2D eigenvalue weighted by molar-refractivity contribution is 0.168. The van der Waals surface area contributed by atoms with Crippen LogP contribution in [0, 0.1) is 0 Å². The molecule has 0 radical (unpaired) electrons. The number of hydrogen-bond donors (Lipinski definition) is 4. The molecule has 0 aromatic carbocycles. The molecule has 0 bridgehead atoms. The van der Waals surface area contributed by atoms with E-state index in [0.717, 1.165) is 25.7 Å². The first-order valence-corrected chi connectivity index (χ1v) is 6.97. The minimum atomic E-state index is -0.312. The number of aliphatic hydroxyl groups is 2. The van der Waals surface area contributed by atoms with Crippen molar-refractivity contribution in [3.63, 3.8) is 0 Å². The lowest BCUT2D eigenvalue weighted by Gasteiger charge is -2.07. The highest BCUT2D eigenvalue weighted by Crippen LogP contribution is 2.11. The summed E-state index contributed by atoms with van der Waals surface area (Å²) in [4.78, 5) is 0. The second-order valence-electron chi connectivity index (χ2n) is 4.83. The van der Waals surface area contributed by atoms with Crippen molar-refractivity contribution in [3.8, 4) is 0 Å². The zero-order valence-corrected chi connectivity index (χ0v) is 11.0. The fraction of sp³-hybridized carbons (Fsp3) is 1.00. The Labute approximate surface area is 105 Å². The third-order valence-corrected chi connectivity index (χ3v) is 3.12. The summed E-state index contributed by atoms with van der Waals surface area (Å²) in [6.07, 6.45) is 9.27. The summed E-state index contributed by atoms with van der Waals surface area (Å²) < 4.78 is 0. The molecule has 0 rings (SSSR count). The van der Waals surface area contributed by atoms with Crippen molar-refractivity contribution in [3.05, 3.63) is 0 Å². The third kappa shape index (κ3) is 12.1. The van der Waals surface area contributed by atoms with Gasteiger partial charge in [-0.15, -0.1) is 0 Å². The van der Waals surface area contributed by atoms with Crippen LogP contribution in [0.4, 0.5) is 0 Å². The van der Waals surface area contributed by atoms with Crippen molar-refractivity contribution < 1.29 is 10.2 Å². The molecule has 0 saturated heterocycles. The molecular formula is C13H30N2O2. The molecule has 0 saturated carbocycles. The molecule has 4 nitrogen and oxygen atoms in total. The Balaban J connectivity index is 3.04. The smallest absolute Gasteiger partial charge is 0.0662 e. The van der Waals surface area contributed by atoms with E-state index in [4.69, 9.17) is 11.5 Å². The Kier molecular flexibility index (Phi) is 12.2. The van der Waals surface area contributed by atoms with Gasteiger partial charge in [-0.05, 0) is 12.8 Å². The van der Waals surface area contributed by atoms with Gasteiger partial charge in [0.25, 0.3) is 0 Å². The molecule has 0 heterocycles. The van der Waals surface area contributed by atoms with Gasteiger partial charge in [-0.25, -0.2) is 0 Å². The molecule has 2 unspecified atom stereocenters. The second kappa shape index (κ2) is 12.3. The van der Waals surface area contributed by atoms with Gasteiger partial charge >= 0.3 is 0 Å². The third-order valence-electron chi connectivity index (χ3n) is 3.12. The molecule has 0 aliphatic heterocycles. The fourth-order valence-corrected chi connectivity index (χ4v) is 1.88. The quantitative estimate of drug-likeness (QED) is 0.388. The Morgan fingerprint density at radius 2 is 0.882 bits per heavy atom. The number of unbranched alkanes of at least 4 members (excludes halogenated alkanes) is 6. The summed E-state index contributed by atoms with van der Waals surface area (Å²) in [7, 11) is 0. The van der Waals surface area contributed by atoms with Crippen LogP contribution < -0.4 is 11.5 Å². The molecule has 0 fully saturated rings. The van der Waals surface area contributed by atoms with Crippen LogP contribution in [-0.4, -0.2) is 35.5 Å². The van der Waals surface area contributed by atoms with Gasteiger partial charge < -0.3 is 21.7 Å².